The Bertz CT molecular complexity index is 1020. The molecule has 0 atom stereocenters. The fourth-order valence-electron chi connectivity index (χ4n) is 2.73. The van der Waals surface area contributed by atoms with Crippen LogP contribution in [-0.4, -0.2) is 17.7 Å². The Morgan fingerprint density at radius 1 is 0.690 bits per heavy atom. The summed E-state index contributed by atoms with van der Waals surface area (Å²) in [5.74, 6) is -0.734. The number of amides is 3. The van der Waals surface area contributed by atoms with Crippen molar-refractivity contribution in [3.8, 4) is 0 Å². The maximum atomic E-state index is 12.5. The van der Waals surface area contributed by atoms with Crippen LogP contribution in [0.5, 0.6) is 0 Å². The van der Waals surface area contributed by atoms with Gasteiger partial charge in [0, 0.05) is 36.0 Å². The molecular formula is C23H21N3O3. The normalized spacial score (nSPS) is 10.1. The first-order valence-corrected chi connectivity index (χ1v) is 9.12. The molecule has 0 bridgehead atoms. The lowest BCUT2D eigenvalue weighted by Crippen LogP contribution is -2.23. The maximum absolute atomic E-state index is 12.5. The lowest BCUT2D eigenvalue weighted by molar-refractivity contribution is -0.114. The van der Waals surface area contributed by atoms with E-state index in [0.717, 1.165) is 5.56 Å². The van der Waals surface area contributed by atoms with Crippen LogP contribution in [0.15, 0.2) is 78.9 Å². The van der Waals surface area contributed by atoms with E-state index in [2.05, 4.69) is 16.0 Å². The van der Waals surface area contributed by atoms with Crippen molar-refractivity contribution in [2.75, 3.05) is 10.6 Å². The highest BCUT2D eigenvalue weighted by Crippen LogP contribution is 2.15. The van der Waals surface area contributed by atoms with E-state index in [9.17, 15) is 14.4 Å². The first-order valence-electron chi connectivity index (χ1n) is 9.12. The maximum Gasteiger partial charge on any atom is 0.255 e. The zero-order valence-corrected chi connectivity index (χ0v) is 15.9. The Kier molecular flexibility index (Phi) is 6.37. The van der Waals surface area contributed by atoms with Crippen LogP contribution in [0.25, 0.3) is 0 Å². The zero-order valence-electron chi connectivity index (χ0n) is 15.9. The second-order valence-corrected chi connectivity index (χ2v) is 6.46. The first kappa shape index (κ1) is 19.8. The van der Waals surface area contributed by atoms with Crippen molar-refractivity contribution in [3.63, 3.8) is 0 Å². The standard InChI is InChI=1S/C23H21N3O3/c1-16(27)25-20-10-12-21(13-11-20)26-23(29)19-9-5-8-18(14-19)22(28)24-15-17-6-3-2-4-7-17/h2-14H,15H2,1H3,(H,24,28)(H,25,27)(H,26,29). The second kappa shape index (κ2) is 9.32. The van der Waals surface area contributed by atoms with Gasteiger partial charge in [-0.3, -0.25) is 14.4 Å². The molecule has 0 saturated carbocycles. The molecule has 6 nitrogen and oxygen atoms in total. The minimum absolute atomic E-state index is 0.163. The number of rotatable bonds is 6. The molecule has 0 unspecified atom stereocenters. The summed E-state index contributed by atoms with van der Waals surface area (Å²) in [5.41, 5.74) is 3.02. The van der Waals surface area contributed by atoms with E-state index in [1.807, 2.05) is 30.3 Å². The number of anilines is 2. The minimum Gasteiger partial charge on any atom is -0.348 e. The summed E-state index contributed by atoms with van der Waals surface area (Å²) < 4.78 is 0. The summed E-state index contributed by atoms with van der Waals surface area (Å²) in [5, 5.41) is 8.29. The molecule has 0 aliphatic heterocycles. The summed E-state index contributed by atoms with van der Waals surface area (Å²) in [4.78, 5) is 36.0. The average Bonchev–Trinajstić information content (AvgIpc) is 2.74. The summed E-state index contributed by atoms with van der Waals surface area (Å²) in [7, 11) is 0. The van der Waals surface area contributed by atoms with Gasteiger partial charge in [-0.1, -0.05) is 36.4 Å². The van der Waals surface area contributed by atoms with Crippen LogP contribution >= 0.6 is 0 Å². The zero-order chi connectivity index (χ0) is 20.6. The lowest BCUT2D eigenvalue weighted by atomic mass is 10.1. The molecule has 29 heavy (non-hydrogen) atoms. The number of nitrogens with one attached hydrogen (secondary N) is 3. The predicted octanol–water partition coefficient (Wildman–Crippen LogP) is 3.83. The molecule has 3 N–H and O–H groups in total. The fraction of sp³-hybridized carbons (Fsp3) is 0.0870. The van der Waals surface area contributed by atoms with Gasteiger partial charge in [-0.2, -0.15) is 0 Å². The highest BCUT2D eigenvalue weighted by atomic mass is 16.2. The smallest absolute Gasteiger partial charge is 0.255 e. The van der Waals surface area contributed by atoms with Gasteiger partial charge < -0.3 is 16.0 Å². The SMILES string of the molecule is CC(=O)Nc1ccc(NC(=O)c2cccc(C(=O)NCc3ccccc3)c2)cc1. The van der Waals surface area contributed by atoms with Crippen molar-refractivity contribution in [1.29, 1.82) is 0 Å². The molecular weight excluding hydrogens is 366 g/mol. The molecule has 0 aliphatic rings. The molecule has 3 aromatic carbocycles. The summed E-state index contributed by atoms with van der Waals surface area (Å²) in [6.07, 6.45) is 0. The van der Waals surface area contributed by atoms with Crippen molar-refractivity contribution in [3.05, 3.63) is 95.6 Å². The third-order valence-electron chi connectivity index (χ3n) is 4.15. The number of hydrogen-bond donors (Lipinski definition) is 3. The molecule has 3 rings (SSSR count). The molecule has 0 radical (unpaired) electrons. The topological polar surface area (TPSA) is 87.3 Å². The lowest BCUT2D eigenvalue weighted by Gasteiger charge is -2.09. The van der Waals surface area contributed by atoms with E-state index < -0.39 is 0 Å². The van der Waals surface area contributed by atoms with Crippen LogP contribution in [0, 0.1) is 0 Å². The van der Waals surface area contributed by atoms with Crippen LogP contribution in [0.1, 0.15) is 33.2 Å². The monoisotopic (exact) mass is 387 g/mol. The van der Waals surface area contributed by atoms with E-state index in [1.165, 1.54) is 6.92 Å². The fourth-order valence-corrected chi connectivity index (χ4v) is 2.73. The van der Waals surface area contributed by atoms with E-state index in [4.69, 9.17) is 0 Å². The van der Waals surface area contributed by atoms with Crippen molar-refractivity contribution in [2.24, 2.45) is 0 Å². The molecule has 0 aromatic heterocycles. The van der Waals surface area contributed by atoms with Crippen molar-refractivity contribution in [2.45, 2.75) is 13.5 Å². The number of carbonyl (C=O) groups is 3. The molecule has 3 amide bonds. The van der Waals surface area contributed by atoms with Gasteiger partial charge >= 0.3 is 0 Å². The Labute approximate surface area is 169 Å². The van der Waals surface area contributed by atoms with Gasteiger partial charge in [0.2, 0.25) is 5.91 Å². The van der Waals surface area contributed by atoms with Gasteiger partial charge in [0.05, 0.1) is 0 Å². The van der Waals surface area contributed by atoms with E-state index >= 15 is 0 Å². The summed E-state index contributed by atoms with van der Waals surface area (Å²) >= 11 is 0. The van der Waals surface area contributed by atoms with E-state index in [0.29, 0.717) is 29.0 Å². The molecule has 0 heterocycles. The Hall–Kier alpha value is -3.93. The minimum atomic E-state index is -0.324. The van der Waals surface area contributed by atoms with Crippen molar-refractivity contribution < 1.29 is 14.4 Å². The van der Waals surface area contributed by atoms with Gasteiger partial charge in [0.25, 0.3) is 11.8 Å². The molecule has 6 heteroatoms. The second-order valence-electron chi connectivity index (χ2n) is 6.46. The van der Waals surface area contributed by atoms with Crippen LogP contribution in [0.4, 0.5) is 11.4 Å². The van der Waals surface area contributed by atoms with Gasteiger partial charge in [-0.05, 0) is 48.0 Å². The number of carbonyl (C=O) groups excluding carboxylic acids is 3. The number of hydrogen-bond acceptors (Lipinski definition) is 3. The van der Waals surface area contributed by atoms with E-state index in [-0.39, 0.29) is 17.7 Å². The highest BCUT2D eigenvalue weighted by Gasteiger charge is 2.11. The highest BCUT2D eigenvalue weighted by molar-refractivity contribution is 6.06. The van der Waals surface area contributed by atoms with Crippen LogP contribution in [-0.2, 0) is 11.3 Å². The van der Waals surface area contributed by atoms with Gasteiger partial charge in [0.1, 0.15) is 0 Å². The van der Waals surface area contributed by atoms with Crippen LogP contribution in [0.3, 0.4) is 0 Å². The third kappa shape index (κ3) is 5.77. The molecule has 146 valence electrons. The number of benzene rings is 3. The van der Waals surface area contributed by atoms with Gasteiger partial charge in [-0.15, -0.1) is 0 Å². The predicted molar refractivity (Wildman–Crippen MR) is 113 cm³/mol. The molecule has 3 aromatic rings. The average molecular weight is 387 g/mol. The summed E-state index contributed by atoms with van der Waals surface area (Å²) in [6, 6.07) is 22.9. The van der Waals surface area contributed by atoms with E-state index in [1.54, 1.807) is 48.5 Å². The largest absolute Gasteiger partial charge is 0.348 e. The third-order valence-corrected chi connectivity index (χ3v) is 4.15. The quantitative estimate of drug-likeness (QED) is 0.601. The molecule has 0 fully saturated rings. The van der Waals surface area contributed by atoms with Crippen LogP contribution in [0.2, 0.25) is 0 Å². The van der Waals surface area contributed by atoms with Crippen molar-refractivity contribution in [1.82, 2.24) is 5.32 Å². The first-order chi connectivity index (χ1) is 14.0. The molecule has 0 aliphatic carbocycles. The summed E-state index contributed by atoms with van der Waals surface area (Å²) in [6.45, 7) is 1.84. The Balaban J connectivity index is 1.62. The van der Waals surface area contributed by atoms with Crippen LogP contribution < -0.4 is 16.0 Å². The van der Waals surface area contributed by atoms with Gasteiger partial charge in [0.15, 0.2) is 0 Å². The van der Waals surface area contributed by atoms with Gasteiger partial charge in [-0.25, -0.2) is 0 Å². The molecule has 0 spiro atoms. The molecule has 0 saturated heterocycles. The Morgan fingerprint density at radius 3 is 1.90 bits per heavy atom. The van der Waals surface area contributed by atoms with Crippen molar-refractivity contribution >= 4 is 29.1 Å². The Morgan fingerprint density at radius 2 is 1.28 bits per heavy atom.